The summed E-state index contributed by atoms with van der Waals surface area (Å²) >= 11 is 0. The first-order valence-corrected chi connectivity index (χ1v) is 4.68. The van der Waals surface area contributed by atoms with Gasteiger partial charge in [0.25, 0.3) is 0 Å². The summed E-state index contributed by atoms with van der Waals surface area (Å²) in [6, 6.07) is 9.56. The molecule has 1 aromatic carbocycles. The maximum absolute atomic E-state index is 5.31. The Morgan fingerprint density at radius 1 is 1.50 bits per heavy atom. The van der Waals surface area contributed by atoms with Gasteiger partial charge in [-0.25, -0.2) is 12.1 Å². The van der Waals surface area contributed by atoms with Crippen molar-refractivity contribution in [1.82, 2.24) is 0 Å². The van der Waals surface area contributed by atoms with Gasteiger partial charge in [0.15, 0.2) is 0 Å². The second-order valence-electron chi connectivity index (χ2n) is 3.40. The quantitative estimate of drug-likeness (QED) is 0.761. The third kappa shape index (κ3) is 3.28. The third-order valence-electron chi connectivity index (χ3n) is 2.29. The molecule has 0 atom stereocenters. The van der Waals surface area contributed by atoms with Crippen molar-refractivity contribution in [1.29, 1.82) is 0 Å². The molecular formula is C12H13NU. The molecule has 2 N–H and O–H groups in total. The van der Waals surface area contributed by atoms with Gasteiger partial charge in [0.1, 0.15) is 0 Å². The molecule has 0 bridgehead atoms. The van der Waals surface area contributed by atoms with Crippen molar-refractivity contribution >= 4 is 6.08 Å². The molecule has 0 aliphatic heterocycles. The SMILES string of the molecule is NC[C-]=Cc1[c-]cc(C2CC2)cc1.[U+2]. The fourth-order valence-corrected chi connectivity index (χ4v) is 1.38. The van der Waals surface area contributed by atoms with Crippen LogP contribution in [0.5, 0.6) is 0 Å². The summed E-state index contributed by atoms with van der Waals surface area (Å²) in [6.07, 6.45) is 7.53. The number of benzene rings is 1. The van der Waals surface area contributed by atoms with Crippen LogP contribution in [0.4, 0.5) is 0 Å². The molecular weight excluding hydrogens is 396 g/mol. The van der Waals surface area contributed by atoms with Gasteiger partial charge < -0.3 is 23.4 Å². The van der Waals surface area contributed by atoms with Crippen LogP contribution in [0.3, 0.4) is 0 Å². The standard InChI is InChI=1S/C12H13N.U/c13-9-1-2-10-3-5-11(6-4-10)12-7-8-12;/h2-3,5-6,12H,7-9,13H2;/q-2;+2. The van der Waals surface area contributed by atoms with Crippen molar-refractivity contribution < 1.29 is 31.1 Å². The predicted molar refractivity (Wildman–Crippen MR) is 54.0 cm³/mol. The van der Waals surface area contributed by atoms with E-state index in [0.29, 0.717) is 6.54 Å². The average Bonchev–Trinajstić information content (AvgIpc) is 2.99. The van der Waals surface area contributed by atoms with Gasteiger partial charge in [-0.05, 0) is 0 Å². The summed E-state index contributed by atoms with van der Waals surface area (Å²) in [4.78, 5) is 0. The zero-order valence-corrected chi connectivity index (χ0v) is 12.2. The third-order valence-corrected chi connectivity index (χ3v) is 2.29. The van der Waals surface area contributed by atoms with E-state index in [1.807, 2.05) is 6.08 Å². The van der Waals surface area contributed by atoms with E-state index in [1.165, 1.54) is 18.4 Å². The number of nitrogens with two attached hydrogens (primary N) is 1. The van der Waals surface area contributed by atoms with Crippen LogP contribution in [0, 0.1) is 43.3 Å². The van der Waals surface area contributed by atoms with Crippen LogP contribution < -0.4 is 5.73 Å². The average molecular weight is 409 g/mol. The van der Waals surface area contributed by atoms with Crippen molar-refractivity contribution in [3.63, 3.8) is 0 Å². The number of hydrogen-bond acceptors (Lipinski definition) is 1. The number of rotatable bonds is 3. The van der Waals surface area contributed by atoms with Crippen LogP contribution in [0.2, 0.25) is 0 Å². The normalized spacial score (nSPS) is 15.5. The summed E-state index contributed by atoms with van der Waals surface area (Å²) in [7, 11) is 0. The molecule has 0 heterocycles. The monoisotopic (exact) mass is 409 g/mol. The summed E-state index contributed by atoms with van der Waals surface area (Å²) in [5.74, 6) is 0.813. The van der Waals surface area contributed by atoms with Gasteiger partial charge in [0.05, 0.1) is 0 Å². The Hall–Kier alpha value is -0.0281. The molecule has 0 unspecified atom stereocenters. The summed E-state index contributed by atoms with van der Waals surface area (Å²) < 4.78 is 0. The van der Waals surface area contributed by atoms with E-state index >= 15 is 0 Å². The molecule has 14 heavy (non-hydrogen) atoms. The molecule has 0 saturated heterocycles. The van der Waals surface area contributed by atoms with Crippen molar-refractivity contribution in [2.24, 2.45) is 5.73 Å². The minimum Gasteiger partial charge on any atom is -0.345 e. The molecule has 0 amide bonds. The molecule has 0 radical (unpaired) electrons. The first-order chi connectivity index (χ1) is 6.40. The molecule has 0 spiro atoms. The fourth-order valence-electron chi connectivity index (χ4n) is 1.38. The van der Waals surface area contributed by atoms with Gasteiger partial charge in [-0.15, -0.1) is 5.56 Å². The Bertz CT molecular complexity index is 299. The van der Waals surface area contributed by atoms with Gasteiger partial charge >= 0.3 is 31.1 Å². The molecule has 2 rings (SSSR count). The zero-order valence-electron chi connectivity index (χ0n) is 8.09. The molecule has 1 aliphatic carbocycles. The van der Waals surface area contributed by atoms with Gasteiger partial charge in [0.2, 0.25) is 0 Å². The number of hydrogen-bond donors (Lipinski definition) is 1. The predicted octanol–water partition coefficient (Wildman–Crippen LogP) is 2.14. The molecule has 1 aliphatic rings. The van der Waals surface area contributed by atoms with Gasteiger partial charge in [-0.3, -0.25) is 0 Å². The second kappa shape index (κ2) is 5.76. The van der Waals surface area contributed by atoms with Crippen LogP contribution in [-0.2, 0) is 0 Å². The molecule has 1 aromatic rings. The minimum absolute atomic E-state index is 0. The van der Waals surface area contributed by atoms with E-state index in [9.17, 15) is 0 Å². The molecule has 2 heteroatoms. The van der Waals surface area contributed by atoms with Crippen LogP contribution in [0.15, 0.2) is 18.2 Å². The van der Waals surface area contributed by atoms with Crippen molar-refractivity contribution in [3.8, 4) is 0 Å². The Kier molecular flexibility index (Phi) is 4.95. The first-order valence-electron chi connectivity index (χ1n) is 4.68. The van der Waals surface area contributed by atoms with Gasteiger partial charge in [0, 0.05) is 0 Å². The zero-order chi connectivity index (χ0) is 9.10. The van der Waals surface area contributed by atoms with Crippen molar-refractivity contribution in [2.75, 3.05) is 6.54 Å². The second-order valence-corrected chi connectivity index (χ2v) is 3.40. The minimum atomic E-state index is 0. The molecule has 1 saturated carbocycles. The van der Waals surface area contributed by atoms with Crippen LogP contribution in [0.25, 0.3) is 6.08 Å². The summed E-state index contributed by atoms with van der Waals surface area (Å²) in [5.41, 5.74) is 7.79. The van der Waals surface area contributed by atoms with E-state index in [0.717, 1.165) is 11.5 Å². The van der Waals surface area contributed by atoms with Crippen molar-refractivity contribution in [2.45, 2.75) is 18.8 Å². The first kappa shape index (κ1) is 12.0. The Morgan fingerprint density at radius 2 is 2.29 bits per heavy atom. The van der Waals surface area contributed by atoms with Gasteiger partial charge in [-0.2, -0.15) is 12.1 Å². The molecule has 70 valence electrons. The van der Waals surface area contributed by atoms with E-state index in [2.05, 4.69) is 30.3 Å². The molecule has 1 fully saturated rings. The van der Waals surface area contributed by atoms with E-state index in [1.54, 1.807) is 0 Å². The smallest absolute Gasteiger partial charge is 0.345 e. The Morgan fingerprint density at radius 3 is 2.79 bits per heavy atom. The van der Waals surface area contributed by atoms with Gasteiger partial charge in [-0.1, -0.05) is 25.3 Å². The van der Waals surface area contributed by atoms with E-state index < -0.39 is 0 Å². The van der Waals surface area contributed by atoms with Crippen LogP contribution in [-0.4, -0.2) is 6.54 Å². The largest absolute Gasteiger partial charge is 2.00 e. The Balaban J connectivity index is 0.000000980. The van der Waals surface area contributed by atoms with Crippen molar-refractivity contribution in [3.05, 3.63) is 41.5 Å². The maximum Gasteiger partial charge on any atom is 2.00 e. The topological polar surface area (TPSA) is 26.0 Å². The molecule has 0 aromatic heterocycles. The maximum atomic E-state index is 5.31. The Labute approximate surface area is 109 Å². The van der Waals surface area contributed by atoms with Crippen LogP contribution in [0.1, 0.15) is 29.9 Å². The van der Waals surface area contributed by atoms with E-state index in [-0.39, 0.29) is 31.1 Å². The van der Waals surface area contributed by atoms with E-state index in [4.69, 9.17) is 5.73 Å². The fraction of sp³-hybridized carbons (Fsp3) is 0.333. The molecule has 1 nitrogen and oxygen atoms in total. The van der Waals surface area contributed by atoms with Crippen LogP contribution >= 0.6 is 0 Å². The summed E-state index contributed by atoms with van der Waals surface area (Å²) in [5, 5.41) is 0. The summed E-state index contributed by atoms with van der Waals surface area (Å²) in [6.45, 7) is 0.470.